The summed E-state index contributed by atoms with van der Waals surface area (Å²) in [6, 6.07) is 16.8. The van der Waals surface area contributed by atoms with Crippen LogP contribution in [0.1, 0.15) is 16.1 Å². The minimum atomic E-state index is 0.256. The molecule has 9 heteroatoms. The SMILES string of the molecule is Cn1ccnc1Sc1ccc(Nc2c(C#N)cnc3cc(-c4ccc(C=O)o4)ccc23)cc1Cl. The number of aromatic nitrogens is 3. The van der Waals surface area contributed by atoms with Crippen LogP contribution in [0.25, 0.3) is 22.2 Å². The summed E-state index contributed by atoms with van der Waals surface area (Å²) in [4.78, 5) is 20.6. The lowest BCUT2D eigenvalue weighted by atomic mass is 10.1. The number of hydrogen-bond acceptors (Lipinski definition) is 7. The molecule has 166 valence electrons. The van der Waals surface area contributed by atoms with Crippen molar-refractivity contribution in [1.82, 2.24) is 14.5 Å². The van der Waals surface area contributed by atoms with Gasteiger partial charge in [0.15, 0.2) is 17.2 Å². The molecule has 5 aromatic rings. The fourth-order valence-corrected chi connectivity index (χ4v) is 4.60. The van der Waals surface area contributed by atoms with Crippen LogP contribution in [-0.4, -0.2) is 20.8 Å². The predicted molar refractivity (Wildman–Crippen MR) is 132 cm³/mol. The molecule has 0 saturated carbocycles. The highest BCUT2D eigenvalue weighted by molar-refractivity contribution is 7.99. The standard InChI is InChI=1S/C25H16ClN5O2S/c1-31-9-8-28-25(31)34-23-7-3-17(11-20(23)26)30-24-16(12-27)13-29-21-10-15(2-5-19(21)24)22-6-4-18(14-32)33-22/h2-11,13-14H,1H3,(H,29,30). The van der Waals surface area contributed by atoms with Crippen LogP contribution in [0.4, 0.5) is 11.4 Å². The van der Waals surface area contributed by atoms with Gasteiger partial charge in [-0.25, -0.2) is 4.98 Å². The summed E-state index contributed by atoms with van der Waals surface area (Å²) in [5.41, 5.74) is 3.24. The van der Waals surface area contributed by atoms with Crippen LogP contribution >= 0.6 is 23.4 Å². The highest BCUT2D eigenvalue weighted by Crippen LogP contribution is 2.36. The molecule has 0 atom stereocenters. The summed E-state index contributed by atoms with van der Waals surface area (Å²) in [7, 11) is 1.93. The van der Waals surface area contributed by atoms with Gasteiger partial charge in [0.25, 0.3) is 0 Å². The van der Waals surface area contributed by atoms with Gasteiger partial charge in [0, 0.05) is 47.2 Å². The van der Waals surface area contributed by atoms with Gasteiger partial charge < -0.3 is 14.3 Å². The second-order valence-electron chi connectivity index (χ2n) is 7.40. The van der Waals surface area contributed by atoms with Crippen molar-refractivity contribution < 1.29 is 9.21 Å². The van der Waals surface area contributed by atoms with Gasteiger partial charge in [-0.2, -0.15) is 5.26 Å². The largest absolute Gasteiger partial charge is 0.453 e. The minimum Gasteiger partial charge on any atom is -0.453 e. The molecular weight excluding hydrogens is 470 g/mol. The molecule has 0 unspecified atom stereocenters. The summed E-state index contributed by atoms with van der Waals surface area (Å²) in [6.45, 7) is 0. The number of furan rings is 1. The molecule has 5 rings (SSSR count). The Labute approximate surface area is 204 Å². The van der Waals surface area contributed by atoms with E-state index in [1.54, 1.807) is 18.3 Å². The molecular formula is C25H16ClN5O2S. The summed E-state index contributed by atoms with van der Waals surface area (Å²) in [6.07, 6.45) is 5.81. The second-order valence-corrected chi connectivity index (χ2v) is 8.82. The van der Waals surface area contributed by atoms with Crippen LogP contribution in [0, 0.1) is 11.3 Å². The number of fused-ring (bicyclic) bond motifs is 1. The Morgan fingerprint density at radius 3 is 2.76 bits per heavy atom. The highest BCUT2D eigenvalue weighted by atomic mass is 35.5. The maximum absolute atomic E-state index is 10.9. The summed E-state index contributed by atoms with van der Waals surface area (Å²) < 4.78 is 7.44. The first-order valence-corrected chi connectivity index (χ1v) is 11.3. The number of nitrogens with one attached hydrogen (secondary N) is 1. The number of halogens is 1. The van der Waals surface area contributed by atoms with Crippen LogP contribution in [0.3, 0.4) is 0 Å². The Morgan fingerprint density at radius 1 is 1.18 bits per heavy atom. The molecule has 0 saturated heterocycles. The maximum atomic E-state index is 10.9. The first kappa shape index (κ1) is 21.8. The molecule has 0 aliphatic rings. The fourth-order valence-electron chi connectivity index (χ4n) is 3.49. The second kappa shape index (κ2) is 9.06. The van der Waals surface area contributed by atoms with Gasteiger partial charge in [-0.05, 0) is 42.5 Å². The number of carbonyl (C=O) groups excluding carboxylic acids is 1. The van der Waals surface area contributed by atoms with Gasteiger partial charge in [-0.3, -0.25) is 9.78 Å². The first-order chi connectivity index (χ1) is 16.6. The number of aryl methyl sites for hydroxylation is 1. The van der Waals surface area contributed by atoms with Crippen LogP contribution in [0.15, 0.2) is 81.6 Å². The number of imidazole rings is 1. The smallest absolute Gasteiger partial charge is 0.185 e. The molecule has 0 aliphatic heterocycles. The number of carbonyl (C=O) groups is 1. The Morgan fingerprint density at radius 2 is 2.06 bits per heavy atom. The number of benzene rings is 2. The monoisotopic (exact) mass is 485 g/mol. The molecule has 0 radical (unpaired) electrons. The molecule has 3 heterocycles. The maximum Gasteiger partial charge on any atom is 0.185 e. The van der Waals surface area contributed by atoms with Crippen molar-refractivity contribution in [2.24, 2.45) is 7.05 Å². The van der Waals surface area contributed by atoms with Crippen LogP contribution in [-0.2, 0) is 7.05 Å². The van der Waals surface area contributed by atoms with E-state index in [2.05, 4.69) is 21.4 Å². The number of pyridine rings is 1. The van der Waals surface area contributed by atoms with E-state index < -0.39 is 0 Å². The molecule has 0 spiro atoms. The number of rotatable bonds is 6. The zero-order valence-corrected chi connectivity index (χ0v) is 19.4. The number of nitrogens with zero attached hydrogens (tertiary/aromatic N) is 4. The van der Waals surface area contributed by atoms with E-state index in [1.807, 2.05) is 54.2 Å². The topological polar surface area (TPSA) is 96.7 Å². The molecule has 3 aromatic heterocycles. The molecule has 0 aliphatic carbocycles. The number of hydrogen-bond donors (Lipinski definition) is 1. The van der Waals surface area contributed by atoms with Gasteiger partial charge in [-0.15, -0.1) is 0 Å². The zero-order chi connectivity index (χ0) is 23.7. The summed E-state index contributed by atoms with van der Waals surface area (Å²) in [5, 5.41) is 15.2. The highest BCUT2D eigenvalue weighted by Gasteiger charge is 2.13. The Bertz CT molecular complexity index is 1580. The van der Waals surface area contributed by atoms with Gasteiger partial charge >= 0.3 is 0 Å². The fraction of sp³-hybridized carbons (Fsp3) is 0.0400. The Kier molecular flexibility index (Phi) is 5.80. The van der Waals surface area contributed by atoms with Gasteiger partial charge in [-0.1, -0.05) is 29.4 Å². The number of nitriles is 1. The summed E-state index contributed by atoms with van der Waals surface area (Å²) in [5.74, 6) is 0.823. The quantitative estimate of drug-likeness (QED) is 0.275. The third-order valence-electron chi connectivity index (χ3n) is 5.20. The van der Waals surface area contributed by atoms with E-state index >= 15 is 0 Å². The van der Waals surface area contributed by atoms with E-state index in [9.17, 15) is 10.1 Å². The van der Waals surface area contributed by atoms with E-state index in [1.165, 1.54) is 18.0 Å². The van der Waals surface area contributed by atoms with Crippen molar-refractivity contribution in [3.63, 3.8) is 0 Å². The average Bonchev–Trinajstić information content (AvgIpc) is 3.49. The molecule has 2 aromatic carbocycles. The normalized spacial score (nSPS) is 10.9. The molecule has 0 bridgehead atoms. The third kappa shape index (κ3) is 4.15. The molecule has 7 nitrogen and oxygen atoms in total. The van der Waals surface area contributed by atoms with E-state index in [4.69, 9.17) is 16.0 Å². The number of anilines is 2. The van der Waals surface area contributed by atoms with Gasteiger partial charge in [0.05, 0.1) is 21.8 Å². The van der Waals surface area contributed by atoms with Gasteiger partial charge in [0.1, 0.15) is 11.8 Å². The van der Waals surface area contributed by atoms with Crippen molar-refractivity contribution in [2.45, 2.75) is 10.1 Å². The van der Waals surface area contributed by atoms with Crippen molar-refractivity contribution in [3.8, 4) is 17.4 Å². The Hall–Kier alpha value is -4.06. The van der Waals surface area contributed by atoms with Crippen molar-refractivity contribution in [2.75, 3.05) is 5.32 Å². The van der Waals surface area contributed by atoms with Crippen LogP contribution in [0.5, 0.6) is 0 Å². The lowest BCUT2D eigenvalue weighted by Gasteiger charge is -2.13. The molecule has 34 heavy (non-hydrogen) atoms. The van der Waals surface area contributed by atoms with Crippen LogP contribution < -0.4 is 5.32 Å². The van der Waals surface area contributed by atoms with Crippen molar-refractivity contribution >= 4 is 51.9 Å². The van der Waals surface area contributed by atoms with Gasteiger partial charge in [0.2, 0.25) is 0 Å². The molecule has 0 amide bonds. The summed E-state index contributed by atoms with van der Waals surface area (Å²) >= 11 is 8.02. The van der Waals surface area contributed by atoms with Crippen molar-refractivity contribution in [3.05, 3.63) is 83.5 Å². The van der Waals surface area contributed by atoms with Crippen molar-refractivity contribution in [1.29, 1.82) is 5.26 Å². The van der Waals surface area contributed by atoms with E-state index in [-0.39, 0.29) is 5.76 Å². The third-order valence-corrected chi connectivity index (χ3v) is 6.77. The van der Waals surface area contributed by atoms with Crippen LogP contribution in [0.2, 0.25) is 5.02 Å². The van der Waals surface area contributed by atoms with E-state index in [0.717, 1.165) is 26.7 Å². The lowest BCUT2D eigenvalue weighted by Crippen LogP contribution is -1.97. The zero-order valence-electron chi connectivity index (χ0n) is 17.8. The average molecular weight is 486 g/mol. The minimum absolute atomic E-state index is 0.256. The lowest BCUT2D eigenvalue weighted by molar-refractivity contribution is 0.110. The molecule has 0 fully saturated rings. The molecule has 1 N–H and O–H groups in total. The predicted octanol–water partition coefficient (Wildman–Crippen LogP) is 6.46. The number of aldehydes is 1. The Balaban J connectivity index is 1.49. The first-order valence-electron chi connectivity index (χ1n) is 10.2. The van der Waals surface area contributed by atoms with E-state index in [0.29, 0.717) is 33.8 Å².